The lowest BCUT2D eigenvalue weighted by atomic mass is 10.2. The van der Waals surface area contributed by atoms with Crippen molar-refractivity contribution in [1.29, 1.82) is 5.26 Å². The van der Waals surface area contributed by atoms with Crippen LogP contribution in [0.25, 0.3) is 0 Å². The van der Waals surface area contributed by atoms with Gasteiger partial charge >= 0.3 is 0 Å². The Morgan fingerprint density at radius 1 is 1.36 bits per heavy atom. The number of unbranched alkanes of at least 4 members (excludes halogenated alkanes) is 1. The molecule has 0 spiro atoms. The van der Waals surface area contributed by atoms with Crippen LogP contribution in [0.1, 0.15) is 30.9 Å². The molecular weight excluding hydrogens is 280 g/mol. The van der Waals surface area contributed by atoms with Gasteiger partial charge in [0.2, 0.25) is 0 Å². The van der Waals surface area contributed by atoms with E-state index < -0.39 is 0 Å². The molecule has 0 unspecified atom stereocenters. The van der Waals surface area contributed by atoms with Gasteiger partial charge in [0.25, 0.3) is 5.88 Å². The third-order valence-electron chi connectivity index (χ3n) is 3.35. The van der Waals surface area contributed by atoms with E-state index in [1.807, 2.05) is 24.3 Å². The van der Waals surface area contributed by atoms with Crippen LogP contribution in [0.3, 0.4) is 0 Å². The first-order chi connectivity index (χ1) is 10.7. The van der Waals surface area contributed by atoms with Crippen molar-refractivity contribution in [2.45, 2.75) is 32.9 Å². The van der Waals surface area contributed by atoms with Crippen molar-refractivity contribution in [3.63, 3.8) is 0 Å². The van der Waals surface area contributed by atoms with E-state index in [9.17, 15) is 5.26 Å². The van der Waals surface area contributed by atoms with Crippen molar-refractivity contribution in [1.82, 2.24) is 9.78 Å². The molecule has 22 heavy (non-hydrogen) atoms. The maximum atomic E-state index is 9.25. The Morgan fingerprint density at radius 3 is 2.82 bits per heavy atom. The average Bonchev–Trinajstić information content (AvgIpc) is 2.86. The van der Waals surface area contributed by atoms with E-state index in [1.54, 1.807) is 11.8 Å². The second-order valence-corrected chi connectivity index (χ2v) is 4.85. The fraction of sp³-hybridized carbons (Fsp3) is 0.375. The Morgan fingerprint density at radius 2 is 2.14 bits per heavy atom. The molecule has 0 bridgehead atoms. The predicted molar refractivity (Wildman–Crippen MR) is 83.6 cm³/mol. The number of nitrogens with zero attached hydrogens (tertiary/aromatic N) is 3. The lowest BCUT2D eigenvalue weighted by molar-refractivity contribution is 0.281. The largest absolute Gasteiger partial charge is 0.496 e. The van der Waals surface area contributed by atoms with Crippen LogP contribution in [0.5, 0.6) is 11.6 Å². The Kier molecular flexibility index (Phi) is 5.26. The van der Waals surface area contributed by atoms with E-state index in [1.165, 1.54) is 0 Å². The summed E-state index contributed by atoms with van der Waals surface area (Å²) in [6.45, 7) is 3.03. The highest BCUT2D eigenvalue weighted by molar-refractivity contribution is 5.55. The first-order valence-electron chi connectivity index (χ1n) is 7.22. The number of hydrogen-bond acceptors (Lipinski definition) is 5. The number of nitrogen functional groups attached to an aromatic ring is 1. The maximum Gasteiger partial charge on any atom is 0.253 e. The smallest absolute Gasteiger partial charge is 0.253 e. The monoisotopic (exact) mass is 300 g/mol. The number of nitrogens with two attached hydrogens (primary N) is 1. The molecule has 1 aromatic heterocycles. The lowest BCUT2D eigenvalue weighted by Gasteiger charge is -2.08. The van der Waals surface area contributed by atoms with Crippen LogP contribution >= 0.6 is 0 Å². The highest BCUT2D eigenvalue weighted by Crippen LogP contribution is 2.25. The molecule has 0 aliphatic rings. The number of ether oxygens (including phenoxy) is 2. The van der Waals surface area contributed by atoms with Crippen molar-refractivity contribution in [3.05, 3.63) is 35.4 Å². The molecule has 6 nitrogen and oxygen atoms in total. The lowest BCUT2D eigenvalue weighted by Crippen LogP contribution is -2.05. The number of benzene rings is 1. The molecule has 2 N–H and O–H groups in total. The summed E-state index contributed by atoms with van der Waals surface area (Å²) >= 11 is 0. The third-order valence-corrected chi connectivity index (χ3v) is 3.35. The summed E-state index contributed by atoms with van der Waals surface area (Å²) in [5, 5.41) is 13.5. The molecule has 0 saturated heterocycles. The standard InChI is InChI=1S/C16H20N4O2/c1-3-4-9-20-15(18)13(10-17)16(19-20)22-11-12-7-5-6-8-14(12)21-2/h5-8H,3-4,9,11,18H2,1-2H3. The number of hydrogen-bond donors (Lipinski definition) is 1. The zero-order valence-corrected chi connectivity index (χ0v) is 12.9. The van der Waals surface area contributed by atoms with Gasteiger partial charge in [-0.05, 0) is 12.5 Å². The number of rotatable bonds is 7. The Balaban J connectivity index is 2.17. The van der Waals surface area contributed by atoms with E-state index >= 15 is 0 Å². The Bertz CT molecular complexity index is 673. The number of aromatic nitrogens is 2. The minimum Gasteiger partial charge on any atom is -0.496 e. The Labute approximate surface area is 130 Å². The zero-order valence-electron chi connectivity index (χ0n) is 12.9. The first kappa shape index (κ1) is 15.7. The van der Waals surface area contributed by atoms with Gasteiger partial charge < -0.3 is 15.2 Å². The SMILES string of the molecule is CCCCn1nc(OCc2ccccc2OC)c(C#N)c1N. The van der Waals surface area contributed by atoms with Crippen LogP contribution in [-0.4, -0.2) is 16.9 Å². The van der Waals surface area contributed by atoms with E-state index in [4.69, 9.17) is 15.2 Å². The third kappa shape index (κ3) is 3.31. The van der Waals surface area contributed by atoms with Gasteiger partial charge in [0.05, 0.1) is 7.11 Å². The van der Waals surface area contributed by atoms with Crippen LogP contribution in [0, 0.1) is 11.3 Å². The normalized spacial score (nSPS) is 10.2. The molecule has 0 saturated carbocycles. The topological polar surface area (TPSA) is 86.1 Å². The van der Waals surface area contributed by atoms with Crippen molar-refractivity contribution in [2.75, 3.05) is 12.8 Å². The highest BCUT2D eigenvalue weighted by Gasteiger charge is 2.17. The minimum atomic E-state index is 0.266. The quantitative estimate of drug-likeness (QED) is 0.849. The second kappa shape index (κ2) is 7.36. The summed E-state index contributed by atoms with van der Waals surface area (Å²) in [5.41, 5.74) is 7.12. The summed E-state index contributed by atoms with van der Waals surface area (Å²) < 4.78 is 12.6. The van der Waals surface area contributed by atoms with Crippen molar-refractivity contribution >= 4 is 5.82 Å². The summed E-state index contributed by atoms with van der Waals surface area (Å²) in [6.07, 6.45) is 1.97. The van der Waals surface area contributed by atoms with Crippen LogP contribution in [0.15, 0.2) is 24.3 Å². The highest BCUT2D eigenvalue weighted by atomic mass is 16.5. The fourth-order valence-corrected chi connectivity index (χ4v) is 2.10. The number of anilines is 1. The van der Waals surface area contributed by atoms with Gasteiger partial charge in [0.15, 0.2) is 5.56 Å². The predicted octanol–water partition coefficient (Wildman–Crippen LogP) is 2.72. The van der Waals surface area contributed by atoms with Gasteiger partial charge in [-0.15, -0.1) is 5.10 Å². The van der Waals surface area contributed by atoms with Gasteiger partial charge in [-0.25, -0.2) is 4.68 Å². The molecule has 0 amide bonds. The fourth-order valence-electron chi connectivity index (χ4n) is 2.10. The van der Waals surface area contributed by atoms with E-state index in [2.05, 4.69) is 18.1 Å². The van der Waals surface area contributed by atoms with Crippen molar-refractivity contribution in [2.24, 2.45) is 0 Å². The number of nitriles is 1. The van der Waals surface area contributed by atoms with Gasteiger partial charge in [0, 0.05) is 12.1 Å². The molecule has 0 fully saturated rings. The molecule has 6 heteroatoms. The summed E-state index contributed by atoms with van der Waals surface area (Å²) in [7, 11) is 1.61. The van der Waals surface area contributed by atoms with Crippen LogP contribution in [0.2, 0.25) is 0 Å². The molecule has 1 heterocycles. The zero-order chi connectivity index (χ0) is 15.9. The molecule has 0 radical (unpaired) electrons. The summed E-state index contributed by atoms with van der Waals surface area (Å²) in [6, 6.07) is 9.62. The molecule has 2 rings (SSSR count). The summed E-state index contributed by atoms with van der Waals surface area (Å²) in [4.78, 5) is 0. The second-order valence-electron chi connectivity index (χ2n) is 4.85. The summed E-state index contributed by atoms with van der Waals surface area (Å²) in [5.74, 6) is 1.35. The van der Waals surface area contributed by atoms with Crippen LogP contribution in [-0.2, 0) is 13.2 Å². The van der Waals surface area contributed by atoms with Crippen molar-refractivity contribution < 1.29 is 9.47 Å². The van der Waals surface area contributed by atoms with E-state index in [-0.39, 0.29) is 18.1 Å². The van der Waals surface area contributed by atoms with Gasteiger partial charge in [-0.1, -0.05) is 31.5 Å². The molecule has 2 aromatic rings. The van der Waals surface area contributed by atoms with Crippen LogP contribution in [0.4, 0.5) is 5.82 Å². The average molecular weight is 300 g/mol. The molecule has 0 atom stereocenters. The van der Waals surface area contributed by atoms with E-state index in [0.717, 1.165) is 24.2 Å². The maximum absolute atomic E-state index is 9.25. The molecular formula is C16H20N4O2. The number of aryl methyl sites for hydroxylation is 1. The van der Waals surface area contributed by atoms with Gasteiger partial charge in [0.1, 0.15) is 24.2 Å². The molecule has 0 aliphatic heterocycles. The molecule has 116 valence electrons. The van der Waals surface area contributed by atoms with Gasteiger partial charge in [-0.2, -0.15) is 5.26 Å². The molecule has 0 aliphatic carbocycles. The minimum absolute atomic E-state index is 0.266. The van der Waals surface area contributed by atoms with Crippen LogP contribution < -0.4 is 15.2 Å². The number of para-hydroxylation sites is 1. The van der Waals surface area contributed by atoms with Gasteiger partial charge in [-0.3, -0.25) is 0 Å². The van der Waals surface area contributed by atoms with E-state index in [0.29, 0.717) is 12.4 Å². The van der Waals surface area contributed by atoms with Crippen molar-refractivity contribution in [3.8, 4) is 17.7 Å². The first-order valence-corrected chi connectivity index (χ1v) is 7.22. The number of methoxy groups -OCH3 is 1. The Hall–Kier alpha value is -2.68. The molecule has 1 aromatic carbocycles.